The summed E-state index contributed by atoms with van der Waals surface area (Å²) >= 11 is 0. The molecule has 1 aromatic carbocycles. The van der Waals surface area contributed by atoms with E-state index < -0.39 is 10.0 Å². The van der Waals surface area contributed by atoms with Gasteiger partial charge in [-0.2, -0.15) is 4.31 Å². The van der Waals surface area contributed by atoms with E-state index in [-0.39, 0.29) is 29.3 Å². The fraction of sp³-hybridized carbons (Fsp3) is 0.647. The quantitative estimate of drug-likeness (QED) is 0.838. The van der Waals surface area contributed by atoms with Crippen LogP contribution >= 0.6 is 12.4 Å². The highest BCUT2D eigenvalue weighted by Crippen LogP contribution is 2.39. The van der Waals surface area contributed by atoms with Crippen molar-refractivity contribution in [2.45, 2.75) is 36.6 Å². The van der Waals surface area contributed by atoms with Crippen molar-refractivity contribution in [3.63, 3.8) is 0 Å². The van der Waals surface area contributed by atoms with Crippen LogP contribution in [-0.4, -0.2) is 45.1 Å². The third kappa shape index (κ3) is 3.47. The molecule has 1 saturated heterocycles. The molecule has 2 N–H and O–H groups in total. The van der Waals surface area contributed by atoms with Gasteiger partial charge < -0.3 is 15.2 Å². The Balaban J connectivity index is 0.00000182. The van der Waals surface area contributed by atoms with Gasteiger partial charge in [-0.25, -0.2) is 8.42 Å². The van der Waals surface area contributed by atoms with Gasteiger partial charge in [0.25, 0.3) is 0 Å². The van der Waals surface area contributed by atoms with Crippen molar-refractivity contribution in [1.82, 2.24) is 4.31 Å². The van der Waals surface area contributed by atoms with E-state index in [4.69, 9.17) is 15.2 Å². The van der Waals surface area contributed by atoms with Crippen LogP contribution in [-0.2, 0) is 10.0 Å². The van der Waals surface area contributed by atoms with Crippen molar-refractivity contribution in [2.24, 2.45) is 17.6 Å². The van der Waals surface area contributed by atoms with Crippen LogP contribution < -0.4 is 15.2 Å². The maximum Gasteiger partial charge on any atom is 0.243 e. The first-order valence-electron chi connectivity index (χ1n) is 8.71. The van der Waals surface area contributed by atoms with E-state index >= 15 is 0 Å². The first-order chi connectivity index (χ1) is 11.6. The molecule has 0 aromatic heterocycles. The standard InChI is InChI=1S/C17H24N2O4S.ClH/c18-15-4-1-3-12-10-19(11-14(12)15)24(20,21)13-5-6-16-17(9-13)23-8-2-7-22-16;/h5-6,9,12,14-15H,1-4,7-8,10-11,18H2;1H. The minimum Gasteiger partial charge on any atom is -0.490 e. The van der Waals surface area contributed by atoms with Gasteiger partial charge in [0.2, 0.25) is 10.0 Å². The zero-order valence-electron chi connectivity index (χ0n) is 14.1. The van der Waals surface area contributed by atoms with Crippen LogP contribution in [0.15, 0.2) is 23.1 Å². The van der Waals surface area contributed by atoms with Gasteiger partial charge in [-0.3, -0.25) is 0 Å². The summed E-state index contributed by atoms with van der Waals surface area (Å²) in [5, 5.41) is 0. The lowest BCUT2D eigenvalue weighted by molar-refractivity contribution is 0.260. The van der Waals surface area contributed by atoms with E-state index in [2.05, 4.69) is 0 Å². The third-order valence-electron chi connectivity index (χ3n) is 5.48. The fourth-order valence-electron chi connectivity index (χ4n) is 4.13. The van der Waals surface area contributed by atoms with Crippen LogP contribution in [0.5, 0.6) is 11.5 Å². The van der Waals surface area contributed by atoms with E-state index in [1.807, 2.05) is 0 Å². The number of nitrogens with zero attached hydrogens (tertiary/aromatic N) is 1. The van der Waals surface area contributed by atoms with Crippen molar-refractivity contribution in [3.05, 3.63) is 18.2 Å². The van der Waals surface area contributed by atoms with E-state index in [0.717, 1.165) is 25.7 Å². The maximum absolute atomic E-state index is 13.0. The molecule has 1 aliphatic carbocycles. The molecule has 140 valence electrons. The second-order valence-electron chi connectivity index (χ2n) is 7.00. The zero-order chi connectivity index (χ0) is 16.7. The van der Waals surface area contributed by atoms with E-state index in [9.17, 15) is 8.42 Å². The average molecular weight is 389 g/mol. The number of hydrogen-bond acceptors (Lipinski definition) is 5. The summed E-state index contributed by atoms with van der Waals surface area (Å²) in [5.41, 5.74) is 6.21. The zero-order valence-corrected chi connectivity index (χ0v) is 15.7. The predicted molar refractivity (Wildman–Crippen MR) is 96.9 cm³/mol. The minimum absolute atomic E-state index is 0. The molecule has 0 spiro atoms. The molecular weight excluding hydrogens is 364 g/mol. The Morgan fingerprint density at radius 3 is 2.56 bits per heavy atom. The fourth-order valence-corrected chi connectivity index (χ4v) is 5.68. The smallest absolute Gasteiger partial charge is 0.243 e. The number of fused-ring (bicyclic) bond motifs is 2. The van der Waals surface area contributed by atoms with Crippen LogP contribution in [0.25, 0.3) is 0 Å². The average Bonchev–Trinajstić information content (AvgIpc) is 2.89. The van der Waals surface area contributed by atoms with Gasteiger partial charge in [-0.15, -0.1) is 12.4 Å². The van der Waals surface area contributed by atoms with Gasteiger partial charge in [-0.05, 0) is 36.8 Å². The van der Waals surface area contributed by atoms with Gasteiger partial charge >= 0.3 is 0 Å². The summed E-state index contributed by atoms with van der Waals surface area (Å²) in [4.78, 5) is 0.277. The topological polar surface area (TPSA) is 81.9 Å². The normalized spacial score (nSPS) is 29.4. The third-order valence-corrected chi connectivity index (χ3v) is 7.30. The number of benzene rings is 1. The molecule has 1 aromatic rings. The number of hydrogen-bond donors (Lipinski definition) is 1. The van der Waals surface area contributed by atoms with Gasteiger partial charge in [0, 0.05) is 31.6 Å². The molecule has 3 unspecified atom stereocenters. The predicted octanol–water partition coefficient (Wildman–Crippen LogP) is 2.02. The molecule has 2 fully saturated rings. The van der Waals surface area contributed by atoms with E-state index in [1.165, 1.54) is 0 Å². The van der Waals surface area contributed by atoms with Crippen molar-refractivity contribution in [1.29, 1.82) is 0 Å². The van der Waals surface area contributed by atoms with Crippen LogP contribution in [0.1, 0.15) is 25.7 Å². The maximum atomic E-state index is 13.0. The van der Waals surface area contributed by atoms with Crippen LogP contribution in [0.4, 0.5) is 0 Å². The first kappa shape index (κ1) is 18.8. The Hall–Kier alpha value is -1.02. The largest absolute Gasteiger partial charge is 0.490 e. The van der Waals surface area contributed by atoms with E-state index in [0.29, 0.717) is 43.7 Å². The molecule has 0 bridgehead atoms. The summed E-state index contributed by atoms with van der Waals surface area (Å²) in [6.07, 6.45) is 3.97. The number of nitrogens with two attached hydrogens (primary N) is 1. The van der Waals surface area contributed by atoms with Gasteiger partial charge in [0.1, 0.15) is 0 Å². The molecule has 1 saturated carbocycles. The summed E-state index contributed by atoms with van der Waals surface area (Å²) < 4.78 is 38.9. The molecule has 4 rings (SSSR count). The molecule has 2 heterocycles. The van der Waals surface area contributed by atoms with Gasteiger partial charge in [0.15, 0.2) is 11.5 Å². The lowest BCUT2D eigenvalue weighted by Crippen LogP contribution is -2.38. The number of rotatable bonds is 2. The Kier molecular flexibility index (Phi) is 5.48. The highest BCUT2D eigenvalue weighted by atomic mass is 35.5. The number of ether oxygens (including phenoxy) is 2. The summed E-state index contributed by atoms with van der Waals surface area (Å²) in [7, 11) is -3.52. The molecule has 3 atom stereocenters. The Morgan fingerprint density at radius 1 is 1.04 bits per heavy atom. The molecule has 6 nitrogen and oxygen atoms in total. The molecule has 8 heteroatoms. The van der Waals surface area contributed by atoms with Crippen molar-refractivity contribution in [2.75, 3.05) is 26.3 Å². The first-order valence-corrected chi connectivity index (χ1v) is 10.1. The SMILES string of the molecule is Cl.NC1CCCC2CN(S(=O)(=O)c3ccc4c(c3)OCCCO4)CC12. The number of halogens is 1. The number of sulfonamides is 1. The molecule has 0 amide bonds. The van der Waals surface area contributed by atoms with Crippen molar-refractivity contribution < 1.29 is 17.9 Å². The molecule has 25 heavy (non-hydrogen) atoms. The van der Waals surface area contributed by atoms with Crippen LogP contribution in [0, 0.1) is 11.8 Å². The molecule has 0 radical (unpaired) electrons. The molecular formula is C17H25ClN2O4S. The van der Waals surface area contributed by atoms with Gasteiger partial charge in [-0.1, -0.05) is 6.42 Å². The molecule has 2 aliphatic heterocycles. The lowest BCUT2D eigenvalue weighted by atomic mass is 9.78. The lowest BCUT2D eigenvalue weighted by Gasteiger charge is -2.29. The van der Waals surface area contributed by atoms with Crippen LogP contribution in [0.2, 0.25) is 0 Å². The summed E-state index contributed by atoms with van der Waals surface area (Å²) in [6.45, 7) is 2.24. The summed E-state index contributed by atoms with van der Waals surface area (Å²) in [5.74, 6) is 1.81. The highest BCUT2D eigenvalue weighted by molar-refractivity contribution is 7.89. The monoisotopic (exact) mass is 388 g/mol. The highest BCUT2D eigenvalue weighted by Gasteiger charge is 2.43. The minimum atomic E-state index is -3.52. The van der Waals surface area contributed by atoms with E-state index in [1.54, 1.807) is 22.5 Å². The Bertz CT molecular complexity index is 727. The summed E-state index contributed by atoms with van der Waals surface area (Å²) in [6, 6.07) is 5.03. The Labute approximate surface area is 155 Å². The van der Waals surface area contributed by atoms with Gasteiger partial charge in [0.05, 0.1) is 18.1 Å². The van der Waals surface area contributed by atoms with Crippen molar-refractivity contribution in [3.8, 4) is 11.5 Å². The second kappa shape index (κ2) is 7.31. The second-order valence-corrected chi connectivity index (χ2v) is 8.94. The van der Waals surface area contributed by atoms with Crippen molar-refractivity contribution >= 4 is 22.4 Å². The molecule has 3 aliphatic rings. The van der Waals surface area contributed by atoms with Crippen LogP contribution in [0.3, 0.4) is 0 Å². The Morgan fingerprint density at radius 2 is 1.80 bits per heavy atom.